The number of nitrogens with one attached hydrogen (secondary N) is 1. The molecule has 0 bridgehead atoms. The second-order valence-electron chi connectivity index (χ2n) is 8.79. The monoisotopic (exact) mass is 459 g/mol. The molecule has 1 unspecified atom stereocenters. The van der Waals surface area contributed by atoms with Crippen LogP contribution in [0.3, 0.4) is 0 Å². The van der Waals surface area contributed by atoms with E-state index < -0.39 is 11.9 Å². The summed E-state index contributed by atoms with van der Waals surface area (Å²) < 4.78 is 13.7. The second kappa shape index (κ2) is 10.2. The zero-order chi connectivity index (χ0) is 23.5. The van der Waals surface area contributed by atoms with Gasteiger partial charge in [0.25, 0.3) is 0 Å². The molecule has 1 aromatic carbocycles. The zero-order valence-electron chi connectivity index (χ0n) is 19.6. The van der Waals surface area contributed by atoms with Crippen LogP contribution in [0.2, 0.25) is 0 Å². The normalized spacial score (nSPS) is 20.7. The van der Waals surface area contributed by atoms with E-state index in [2.05, 4.69) is 15.1 Å². The fourth-order valence-corrected chi connectivity index (χ4v) is 4.73. The molecule has 10 heteroatoms. The lowest BCUT2D eigenvalue weighted by molar-refractivity contribution is -0.135. The van der Waals surface area contributed by atoms with Crippen LogP contribution >= 0.6 is 0 Å². The van der Waals surface area contributed by atoms with Crippen molar-refractivity contribution in [2.75, 3.05) is 53.5 Å². The molecule has 2 aliphatic heterocycles. The van der Waals surface area contributed by atoms with Crippen LogP contribution < -0.4 is 11.0 Å². The predicted octanol–water partition coefficient (Wildman–Crippen LogP) is 0.0967. The lowest BCUT2D eigenvalue weighted by atomic mass is 10.1. The maximum absolute atomic E-state index is 12.9. The topological polar surface area (TPSA) is 98.0 Å². The van der Waals surface area contributed by atoms with Gasteiger partial charge in [-0.15, -0.1) is 0 Å². The highest BCUT2D eigenvalue weighted by Crippen LogP contribution is 2.24. The van der Waals surface area contributed by atoms with Crippen LogP contribution in [-0.4, -0.2) is 90.5 Å². The standard InChI is InChI=1S/C23H33N5O5/c1-25-19-14-16(8-9-26-10-12-27(13-11-26)15-21(32-2)33-3)4-5-17(19)28(23(25)31)18-6-7-20(29)24-22(18)30/h4-5,14,18,21H,6-13,15H2,1-3H3,(H,24,29,30). The number of piperidine rings is 1. The number of aromatic nitrogens is 2. The molecule has 0 spiro atoms. The molecule has 10 nitrogen and oxygen atoms in total. The van der Waals surface area contributed by atoms with Crippen LogP contribution in [0.25, 0.3) is 11.0 Å². The molecule has 33 heavy (non-hydrogen) atoms. The maximum atomic E-state index is 12.9. The van der Waals surface area contributed by atoms with E-state index in [1.807, 2.05) is 18.2 Å². The van der Waals surface area contributed by atoms with E-state index in [1.165, 1.54) is 4.57 Å². The first-order valence-electron chi connectivity index (χ1n) is 11.4. The highest BCUT2D eigenvalue weighted by Gasteiger charge is 2.31. The predicted molar refractivity (Wildman–Crippen MR) is 123 cm³/mol. The van der Waals surface area contributed by atoms with Crippen molar-refractivity contribution >= 4 is 22.8 Å². The highest BCUT2D eigenvalue weighted by atomic mass is 16.7. The molecule has 2 aromatic rings. The van der Waals surface area contributed by atoms with Gasteiger partial charge in [-0.3, -0.25) is 28.9 Å². The molecule has 2 saturated heterocycles. The Morgan fingerprint density at radius 2 is 1.73 bits per heavy atom. The number of nitrogens with zero attached hydrogens (tertiary/aromatic N) is 4. The fourth-order valence-electron chi connectivity index (χ4n) is 4.73. The van der Waals surface area contributed by atoms with E-state index in [9.17, 15) is 14.4 Å². The summed E-state index contributed by atoms with van der Waals surface area (Å²) in [7, 11) is 5.05. The molecule has 2 fully saturated rings. The first-order chi connectivity index (χ1) is 15.9. The SMILES string of the molecule is COC(CN1CCN(CCc2ccc3c(c2)n(C)c(=O)n3C2CCC(=O)NC2=O)CC1)OC. The Morgan fingerprint density at radius 1 is 1.03 bits per heavy atom. The van der Waals surface area contributed by atoms with Gasteiger partial charge < -0.3 is 14.4 Å². The highest BCUT2D eigenvalue weighted by molar-refractivity contribution is 6.00. The third-order valence-electron chi connectivity index (χ3n) is 6.79. The number of ether oxygens (including phenoxy) is 2. The number of benzene rings is 1. The Bertz CT molecular complexity index is 1070. The van der Waals surface area contributed by atoms with Gasteiger partial charge in [0.05, 0.1) is 11.0 Å². The molecular formula is C23H33N5O5. The fraction of sp³-hybridized carbons (Fsp3) is 0.609. The van der Waals surface area contributed by atoms with E-state index in [0.717, 1.165) is 62.3 Å². The smallest absolute Gasteiger partial charge is 0.329 e. The van der Waals surface area contributed by atoms with Gasteiger partial charge >= 0.3 is 5.69 Å². The molecule has 0 aliphatic carbocycles. The Balaban J connectivity index is 1.40. The van der Waals surface area contributed by atoms with Gasteiger partial charge in [-0.1, -0.05) is 6.07 Å². The van der Waals surface area contributed by atoms with Crippen molar-refractivity contribution < 1.29 is 19.1 Å². The van der Waals surface area contributed by atoms with Crippen molar-refractivity contribution in [3.63, 3.8) is 0 Å². The number of amides is 2. The number of carbonyl (C=O) groups is 2. The number of imide groups is 1. The van der Waals surface area contributed by atoms with Gasteiger partial charge in [0.15, 0.2) is 6.29 Å². The number of fused-ring (bicyclic) bond motifs is 1. The number of imidazole rings is 1. The van der Waals surface area contributed by atoms with Crippen LogP contribution in [0.5, 0.6) is 0 Å². The maximum Gasteiger partial charge on any atom is 0.329 e. The Labute approximate surface area is 193 Å². The summed E-state index contributed by atoms with van der Waals surface area (Å²) in [5.74, 6) is -0.698. The van der Waals surface area contributed by atoms with Gasteiger partial charge in [-0.25, -0.2) is 4.79 Å². The molecule has 3 heterocycles. The Hall–Kier alpha value is -2.53. The van der Waals surface area contributed by atoms with Crippen molar-refractivity contribution in [3.05, 3.63) is 34.2 Å². The molecule has 180 valence electrons. The van der Waals surface area contributed by atoms with Crippen molar-refractivity contribution in [1.29, 1.82) is 0 Å². The molecule has 1 N–H and O–H groups in total. The number of rotatable bonds is 8. The third kappa shape index (κ3) is 5.03. The summed E-state index contributed by atoms with van der Waals surface area (Å²) >= 11 is 0. The number of hydrogen-bond acceptors (Lipinski definition) is 7. The van der Waals surface area contributed by atoms with Gasteiger partial charge in [0.2, 0.25) is 11.8 Å². The summed E-state index contributed by atoms with van der Waals surface area (Å²) in [6.07, 6.45) is 1.27. The molecule has 1 aromatic heterocycles. The molecule has 0 saturated carbocycles. The van der Waals surface area contributed by atoms with Gasteiger partial charge in [-0.05, 0) is 30.5 Å². The van der Waals surface area contributed by atoms with Gasteiger partial charge in [-0.2, -0.15) is 0 Å². The van der Waals surface area contributed by atoms with Crippen LogP contribution in [-0.2, 0) is 32.5 Å². The number of piperazine rings is 1. The minimum Gasteiger partial charge on any atom is -0.355 e. The molecule has 2 aliphatic rings. The van der Waals surface area contributed by atoms with Crippen molar-refractivity contribution in [2.24, 2.45) is 7.05 Å². The van der Waals surface area contributed by atoms with Crippen LogP contribution in [0.4, 0.5) is 0 Å². The average molecular weight is 460 g/mol. The van der Waals surface area contributed by atoms with Crippen molar-refractivity contribution in [1.82, 2.24) is 24.3 Å². The van der Waals surface area contributed by atoms with Crippen molar-refractivity contribution in [3.8, 4) is 0 Å². The summed E-state index contributed by atoms with van der Waals surface area (Å²) in [5.41, 5.74) is 2.44. The largest absolute Gasteiger partial charge is 0.355 e. The molecular weight excluding hydrogens is 426 g/mol. The average Bonchev–Trinajstić information content (AvgIpc) is 3.06. The molecule has 4 rings (SSSR count). The quantitative estimate of drug-likeness (QED) is 0.442. The Morgan fingerprint density at radius 3 is 2.39 bits per heavy atom. The summed E-state index contributed by atoms with van der Waals surface area (Å²) in [4.78, 5) is 41.6. The van der Waals surface area contributed by atoms with Gasteiger partial charge in [0, 0.05) is 67.0 Å². The van der Waals surface area contributed by atoms with Gasteiger partial charge in [0.1, 0.15) is 6.04 Å². The van der Waals surface area contributed by atoms with E-state index in [-0.39, 0.29) is 24.3 Å². The minimum atomic E-state index is -0.656. The summed E-state index contributed by atoms with van der Waals surface area (Å²) in [6, 6.07) is 5.33. The summed E-state index contributed by atoms with van der Waals surface area (Å²) in [6.45, 7) is 5.66. The van der Waals surface area contributed by atoms with E-state index >= 15 is 0 Å². The van der Waals surface area contributed by atoms with Crippen LogP contribution in [0.1, 0.15) is 24.4 Å². The van der Waals surface area contributed by atoms with E-state index in [1.54, 1.807) is 25.8 Å². The first kappa shape index (κ1) is 23.6. The first-order valence-corrected chi connectivity index (χ1v) is 11.4. The number of methoxy groups -OCH3 is 2. The van der Waals surface area contributed by atoms with Crippen LogP contribution in [0.15, 0.2) is 23.0 Å². The number of carbonyl (C=O) groups excluding carboxylic acids is 2. The third-order valence-corrected chi connectivity index (χ3v) is 6.79. The molecule has 0 radical (unpaired) electrons. The Kier molecular flexibility index (Phi) is 7.28. The summed E-state index contributed by atoms with van der Waals surface area (Å²) in [5, 5.41) is 2.35. The van der Waals surface area contributed by atoms with Crippen LogP contribution in [0, 0.1) is 0 Å². The lowest BCUT2D eigenvalue weighted by Gasteiger charge is -2.35. The van der Waals surface area contributed by atoms with Crippen molar-refractivity contribution in [2.45, 2.75) is 31.6 Å². The van der Waals surface area contributed by atoms with E-state index in [4.69, 9.17) is 9.47 Å². The second-order valence-corrected chi connectivity index (χ2v) is 8.79. The molecule has 2 amide bonds. The van der Waals surface area contributed by atoms with E-state index in [0.29, 0.717) is 6.42 Å². The zero-order valence-corrected chi connectivity index (χ0v) is 19.6. The molecule has 1 atom stereocenters. The number of aryl methyl sites for hydroxylation is 1. The minimum absolute atomic E-state index is 0.192. The lowest BCUT2D eigenvalue weighted by Crippen LogP contribution is -2.49. The number of hydrogen-bond donors (Lipinski definition) is 1.